The summed E-state index contributed by atoms with van der Waals surface area (Å²) in [5, 5.41) is 9.80. The summed E-state index contributed by atoms with van der Waals surface area (Å²) in [5.41, 5.74) is 0.922. The van der Waals surface area contributed by atoms with Crippen molar-refractivity contribution in [1.29, 1.82) is 0 Å². The van der Waals surface area contributed by atoms with Gasteiger partial charge in [-0.1, -0.05) is 11.6 Å². The Bertz CT molecular complexity index is 618. The number of likely N-dealkylation sites (tertiary alicyclic amines) is 1. The Labute approximate surface area is 133 Å². The van der Waals surface area contributed by atoms with Crippen LogP contribution in [0.5, 0.6) is 5.75 Å². The van der Waals surface area contributed by atoms with Crippen LogP contribution in [0.25, 0.3) is 0 Å². The second-order valence-electron chi connectivity index (χ2n) is 6.01. The first kappa shape index (κ1) is 15.2. The largest absolute Gasteiger partial charge is 0.481 e. The van der Waals surface area contributed by atoms with E-state index in [1.165, 1.54) is 0 Å². The van der Waals surface area contributed by atoms with Crippen molar-refractivity contribution in [2.75, 3.05) is 6.54 Å². The number of fused-ring (bicyclic) bond motifs is 1. The van der Waals surface area contributed by atoms with Crippen molar-refractivity contribution in [3.05, 3.63) is 28.8 Å². The van der Waals surface area contributed by atoms with Gasteiger partial charge in [0.15, 0.2) is 6.10 Å². The summed E-state index contributed by atoms with van der Waals surface area (Å²) in [4.78, 5) is 25.5. The lowest BCUT2D eigenvalue weighted by Gasteiger charge is -2.37. The van der Waals surface area contributed by atoms with Gasteiger partial charge in [0, 0.05) is 24.0 Å². The molecule has 5 nitrogen and oxygen atoms in total. The second kappa shape index (κ2) is 5.80. The van der Waals surface area contributed by atoms with Crippen LogP contribution in [0.3, 0.4) is 0 Å². The minimum absolute atomic E-state index is 0.0407. The van der Waals surface area contributed by atoms with Crippen molar-refractivity contribution < 1.29 is 19.4 Å². The number of aliphatic carboxylic acids is 1. The number of rotatable bonds is 2. The Kier molecular flexibility index (Phi) is 4.00. The van der Waals surface area contributed by atoms with Crippen LogP contribution in [0.4, 0.5) is 0 Å². The molecule has 0 radical (unpaired) electrons. The number of carboxylic acid groups (broad SMARTS) is 1. The highest BCUT2D eigenvalue weighted by Crippen LogP contribution is 2.33. The number of amides is 1. The third kappa shape index (κ3) is 2.77. The average Bonchev–Trinajstić information content (AvgIpc) is 2.89. The molecular formula is C16H18ClNO4. The van der Waals surface area contributed by atoms with Gasteiger partial charge >= 0.3 is 5.97 Å². The monoisotopic (exact) mass is 323 g/mol. The fourth-order valence-corrected chi connectivity index (χ4v) is 3.35. The first-order valence-electron chi connectivity index (χ1n) is 7.44. The summed E-state index contributed by atoms with van der Waals surface area (Å²) in [6.45, 7) is 2.21. The maximum Gasteiger partial charge on any atom is 0.308 e. The van der Waals surface area contributed by atoms with E-state index < -0.39 is 18.0 Å². The molecule has 3 atom stereocenters. The zero-order valence-electron chi connectivity index (χ0n) is 12.3. The molecule has 0 spiro atoms. The Morgan fingerprint density at radius 1 is 1.36 bits per heavy atom. The summed E-state index contributed by atoms with van der Waals surface area (Å²) in [5.74, 6) is -0.779. The van der Waals surface area contributed by atoms with Gasteiger partial charge in [0.1, 0.15) is 5.75 Å². The van der Waals surface area contributed by atoms with Crippen molar-refractivity contribution in [2.24, 2.45) is 5.92 Å². The van der Waals surface area contributed by atoms with Gasteiger partial charge in [-0.15, -0.1) is 0 Å². The molecule has 3 rings (SSSR count). The Balaban J connectivity index is 1.73. The molecular weight excluding hydrogens is 306 g/mol. The second-order valence-corrected chi connectivity index (χ2v) is 6.45. The molecule has 0 aromatic heterocycles. The Morgan fingerprint density at radius 3 is 2.86 bits per heavy atom. The third-order valence-electron chi connectivity index (χ3n) is 4.49. The predicted octanol–water partition coefficient (Wildman–Crippen LogP) is 2.36. The van der Waals surface area contributed by atoms with E-state index in [0.717, 1.165) is 5.56 Å². The number of carboxylic acids is 1. The molecule has 2 aliphatic rings. The number of hydrogen-bond acceptors (Lipinski definition) is 3. The third-order valence-corrected chi connectivity index (χ3v) is 4.72. The highest BCUT2D eigenvalue weighted by Gasteiger charge is 2.38. The van der Waals surface area contributed by atoms with Crippen LogP contribution in [-0.4, -0.2) is 40.6 Å². The molecule has 2 aliphatic heterocycles. The van der Waals surface area contributed by atoms with E-state index in [1.54, 1.807) is 17.0 Å². The lowest BCUT2D eigenvalue weighted by atomic mass is 9.93. The molecule has 22 heavy (non-hydrogen) atoms. The quantitative estimate of drug-likeness (QED) is 0.907. The minimum atomic E-state index is -0.841. The first-order valence-corrected chi connectivity index (χ1v) is 7.82. The van der Waals surface area contributed by atoms with Gasteiger partial charge in [0.25, 0.3) is 5.91 Å². The highest BCUT2D eigenvalue weighted by atomic mass is 35.5. The van der Waals surface area contributed by atoms with Gasteiger partial charge < -0.3 is 14.7 Å². The maximum atomic E-state index is 12.7. The van der Waals surface area contributed by atoms with Crippen LogP contribution < -0.4 is 4.74 Å². The molecule has 3 unspecified atom stereocenters. The molecule has 0 aliphatic carbocycles. The van der Waals surface area contributed by atoms with Crippen LogP contribution in [0.1, 0.15) is 25.3 Å². The molecule has 6 heteroatoms. The number of halogens is 1. The summed E-state index contributed by atoms with van der Waals surface area (Å²) in [6, 6.07) is 5.35. The van der Waals surface area contributed by atoms with Crippen LogP contribution in [0.15, 0.2) is 18.2 Å². The van der Waals surface area contributed by atoms with Gasteiger partial charge in [-0.05, 0) is 43.5 Å². The van der Waals surface area contributed by atoms with Crippen LogP contribution in [-0.2, 0) is 16.0 Å². The number of carbonyl (C=O) groups is 2. The van der Waals surface area contributed by atoms with E-state index in [2.05, 4.69) is 0 Å². The van der Waals surface area contributed by atoms with E-state index in [9.17, 15) is 14.7 Å². The molecule has 0 saturated carbocycles. The van der Waals surface area contributed by atoms with Crippen LogP contribution in [0, 0.1) is 5.92 Å². The van der Waals surface area contributed by atoms with Crippen LogP contribution >= 0.6 is 11.6 Å². The lowest BCUT2D eigenvalue weighted by molar-refractivity contribution is -0.149. The minimum Gasteiger partial charge on any atom is -0.481 e. The Hall–Kier alpha value is -1.75. The number of hydrogen-bond donors (Lipinski definition) is 1. The topological polar surface area (TPSA) is 66.8 Å². The highest BCUT2D eigenvalue weighted by molar-refractivity contribution is 6.30. The van der Waals surface area contributed by atoms with Crippen molar-refractivity contribution in [1.82, 2.24) is 4.90 Å². The summed E-state index contributed by atoms with van der Waals surface area (Å²) in [6.07, 6.45) is 1.22. The van der Waals surface area contributed by atoms with E-state index in [-0.39, 0.29) is 18.5 Å². The van der Waals surface area contributed by atoms with Gasteiger partial charge in [-0.25, -0.2) is 0 Å². The fourth-order valence-electron chi connectivity index (χ4n) is 3.16. The molecule has 1 fully saturated rings. The summed E-state index contributed by atoms with van der Waals surface area (Å²) in [7, 11) is 0. The molecule has 1 saturated heterocycles. The van der Waals surface area contributed by atoms with E-state index >= 15 is 0 Å². The molecule has 1 amide bonds. The molecule has 1 N–H and O–H groups in total. The summed E-state index contributed by atoms with van der Waals surface area (Å²) < 4.78 is 5.72. The molecule has 1 aromatic carbocycles. The van der Waals surface area contributed by atoms with E-state index in [0.29, 0.717) is 30.0 Å². The zero-order valence-corrected chi connectivity index (χ0v) is 13.0. The zero-order chi connectivity index (χ0) is 15.9. The van der Waals surface area contributed by atoms with Gasteiger partial charge in [0.05, 0.1) is 5.92 Å². The van der Waals surface area contributed by atoms with Gasteiger partial charge in [-0.3, -0.25) is 9.59 Å². The predicted molar refractivity (Wildman–Crippen MR) is 81.1 cm³/mol. The number of piperidine rings is 1. The summed E-state index contributed by atoms with van der Waals surface area (Å²) >= 11 is 5.96. The molecule has 1 aromatic rings. The van der Waals surface area contributed by atoms with E-state index in [4.69, 9.17) is 16.3 Å². The van der Waals surface area contributed by atoms with Gasteiger partial charge in [-0.2, -0.15) is 0 Å². The van der Waals surface area contributed by atoms with Crippen molar-refractivity contribution in [3.8, 4) is 5.75 Å². The average molecular weight is 324 g/mol. The molecule has 0 bridgehead atoms. The lowest BCUT2D eigenvalue weighted by Crippen LogP contribution is -2.51. The SMILES string of the molecule is CC1CCC(C(=O)O)CN1C(=O)C1Cc2cc(Cl)ccc2O1. The molecule has 2 heterocycles. The smallest absolute Gasteiger partial charge is 0.308 e. The van der Waals surface area contributed by atoms with Crippen molar-refractivity contribution >= 4 is 23.5 Å². The van der Waals surface area contributed by atoms with Gasteiger partial charge in [0.2, 0.25) is 0 Å². The van der Waals surface area contributed by atoms with Crippen molar-refractivity contribution in [2.45, 2.75) is 38.3 Å². The number of ether oxygens (including phenoxy) is 1. The normalized spacial score (nSPS) is 27.2. The maximum absolute atomic E-state index is 12.7. The van der Waals surface area contributed by atoms with Crippen molar-refractivity contribution in [3.63, 3.8) is 0 Å². The number of carbonyl (C=O) groups excluding carboxylic acids is 1. The Morgan fingerprint density at radius 2 is 2.14 bits per heavy atom. The number of benzene rings is 1. The van der Waals surface area contributed by atoms with E-state index in [1.807, 2.05) is 13.0 Å². The molecule has 118 valence electrons. The number of nitrogens with zero attached hydrogens (tertiary/aromatic N) is 1. The fraction of sp³-hybridized carbons (Fsp3) is 0.500. The van der Waals surface area contributed by atoms with Crippen LogP contribution in [0.2, 0.25) is 5.02 Å². The standard InChI is InChI=1S/C16H18ClNO4/c1-9-2-3-10(16(20)21)8-18(9)15(19)14-7-11-6-12(17)4-5-13(11)22-14/h4-6,9-10,14H,2-3,7-8H2,1H3,(H,20,21). The first-order chi connectivity index (χ1) is 10.5.